The largest absolute Gasteiger partial charge is 0.343 e. The van der Waals surface area contributed by atoms with Crippen LogP contribution in [0.5, 0.6) is 0 Å². The standard InChI is InChI=1S/C29H23F2N5O3/c1-17-33-13-20(34-17)12-22-21-8-6-18(11-26(21)35-28(22)38)4-2-3-5-27(37)23-14-32-16-36(29(23)39)15-19-7-9-24(30)25(31)10-19/h2,4,6-14,16H,3,5,15H2,1H3,(H,33,34)(H,35,38)/b4-2+,22-12-. The molecule has 1 aliphatic rings. The second-order valence-electron chi connectivity index (χ2n) is 9.09. The Bertz CT molecular complexity index is 1720. The summed E-state index contributed by atoms with van der Waals surface area (Å²) in [4.78, 5) is 49.1. The number of aromatic amines is 1. The first-order chi connectivity index (χ1) is 18.8. The van der Waals surface area contributed by atoms with Crippen molar-refractivity contribution in [2.75, 3.05) is 5.32 Å². The quantitative estimate of drug-likeness (QED) is 0.253. The molecule has 5 rings (SSSR count). The predicted molar refractivity (Wildman–Crippen MR) is 143 cm³/mol. The maximum Gasteiger partial charge on any atom is 0.264 e. The molecule has 196 valence electrons. The number of carbonyl (C=O) groups is 2. The first kappa shape index (κ1) is 25.7. The molecule has 0 unspecified atom stereocenters. The summed E-state index contributed by atoms with van der Waals surface area (Å²) in [6, 6.07) is 8.94. The minimum atomic E-state index is -1.01. The number of amides is 1. The molecule has 0 bridgehead atoms. The number of aromatic nitrogens is 4. The minimum absolute atomic E-state index is 0.0443. The van der Waals surface area contributed by atoms with E-state index in [2.05, 4.69) is 20.3 Å². The number of benzene rings is 2. The Morgan fingerprint density at radius 1 is 1.08 bits per heavy atom. The Hall–Kier alpha value is -4.99. The molecule has 3 heterocycles. The highest BCUT2D eigenvalue weighted by molar-refractivity contribution is 6.34. The fraction of sp³-hybridized carbons (Fsp3) is 0.138. The molecule has 0 atom stereocenters. The number of anilines is 1. The van der Waals surface area contributed by atoms with Gasteiger partial charge in [0.2, 0.25) is 0 Å². The number of aryl methyl sites for hydroxylation is 1. The number of H-pyrrole nitrogens is 1. The zero-order valence-corrected chi connectivity index (χ0v) is 20.9. The summed E-state index contributed by atoms with van der Waals surface area (Å²) in [5.41, 5.74) is 3.36. The Morgan fingerprint density at radius 3 is 2.69 bits per heavy atom. The third-order valence-electron chi connectivity index (χ3n) is 6.24. The molecule has 0 spiro atoms. The number of Topliss-reactive ketones (excluding diaryl/α,β-unsaturated/α-hetero) is 1. The van der Waals surface area contributed by atoms with E-state index in [1.54, 1.807) is 12.3 Å². The van der Waals surface area contributed by atoms with Crippen molar-refractivity contribution in [2.45, 2.75) is 26.3 Å². The lowest BCUT2D eigenvalue weighted by Crippen LogP contribution is -2.27. The number of allylic oxidation sites excluding steroid dienone is 1. The van der Waals surface area contributed by atoms with Gasteiger partial charge in [0.1, 0.15) is 11.4 Å². The van der Waals surface area contributed by atoms with Crippen LogP contribution in [0.3, 0.4) is 0 Å². The van der Waals surface area contributed by atoms with Gasteiger partial charge >= 0.3 is 0 Å². The molecular formula is C29H23F2N5O3. The van der Waals surface area contributed by atoms with Gasteiger partial charge in [-0.25, -0.2) is 18.7 Å². The molecule has 39 heavy (non-hydrogen) atoms. The van der Waals surface area contributed by atoms with Crippen molar-refractivity contribution >= 4 is 35.1 Å². The van der Waals surface area contributed by atoms with E-state index in [0.29, 0.717) is 23.2 Å². The van der Waals surface area contributed by atoms with Crippen LogP contribution in [0.2, 0.25) is 0 Å². The van der Waals surface area contributed by atoms with Crippen LogP contribution in [0, 0.1) is 18.6 Å². The number of nitrogens with one attached hydrogen (secondary N) is 2. The lowest BCUT2D eigenvalue weighted by Gasteiger charge is -2.07. The molecule has 0 saturated heterocycles. The fourth-order valence-electron chi connectivity index (χ4n) is 4.29. The van der Waals surface area contributed by atoms with Crippen LogP contribution in [0.4, 0.5) is 14.5 Å². The number of hydrogen-bond acceptors (Lipinski definition) is 5. The van der Waals surface area contributed by atoms with Crippen LogP contribution >= 0.6 is 0 Å². The van der Waals surface area contributed by atoms with Crippen LogP contribution in [0.25, 0.3) is 17.7 Å². The maximum atomic E-state index is 13.5. The van der Waals surface area contributed by atoms with Gasteiger partial charge < -0.3 is 10.3 Å². The van der Waals surface area contributed by atoms with Crippen LogP contribution in [-0.2, 0) is 11.3 Å². The number of rotatable bonds is 8. The molecule has 2 N–H and O–H groups in total. The number of carbonyl (C=O) groups excluding carboxylic acids is 2. The number of nitrogens with zero attached hydrogens (tertiary/aromatic N) is 3. The molecule has 0 fully saturated rings. The first-order valence-corrected chi connectivity index (χ1v) is 12.2. The third-order valence-corrected chi connectivity index (χ3v) is 6.24. The van der Waals surface area contributed by atoms with E-state index in [0.717, 1.165) is 34.8 Å². The number of imidazole rings is 1. The lowest BCUT2D eigenvalue weighted by molar-refractivity contribution is -0.110. The monoisotopic (exact) mass is 527 g/mol. The van der Waals surface area contributed by atoms with Crippen molar-refractivity contribution in [1.82, 2.24) is 19.5 Å². The molecule has 8 nitrogen and oxygen atoms in total. The van der Waals surface area contributed by atoms with Gasteiger partial charge in [-0.2, -0.15) is 0 Å². The van der Waals surface area contributed by atoms with Crippen molar-refractivity contribution in [3.63, 3.8) is 0 Å². The average molecular weight is 528 g/mol. The van der Waals surface area contributed by atoms with Gasteiger partial charge in [0.05, 0.1) is 30.3 Å². The molecule has 0 saturated carbocycles. The molecular weight excluding hydrogens is 504 g/mol. The summed E-state index contributed by atoms with van der Waals surface area (Å²) in [6.45, 7) is 1.79. The zero-order chi connectivity index (χ0) is 27.5. The molecule has 0 aliphatic carbocycles. The van der Waals surface area contributed by atoms with E-state index < -0.39 is 17.2 Å². The Balaban J connectivity index is 1.22. The van der Waals surface area contributed by atoms with Crippen LogP contribution in [-0.4, -0.2) is 31.2 Å². The van der Waals surface area contributed by atoms with Gasteiger partial charge in [-0.05, 0) is 48.7 Å². The molecule has 10 heteroatoms. The summed E-state index contributed by atoms with van der Waals surface area (Å²) >= 11 is 0. The van der Waals surface area contributed by atoms with Gasteiger partial charge in [0, 0.05) is 23.9 Å². The number of halogens is 2. The molecule has 1 amide bonds. The first-order valence-electron chi connectivity index (χ1n) is 12.2. The second-order valence-corrected chi connectivity index (χ2v) is 9.09. The molecule has 2 aromatic heterocycles. The fourth-order valence-corrected chi connectivity index (χ4v) is 4.29. The highest BCUT2D eigenvalue weighted by Crippen LogP contribution is 2.34. The van der Waals surface area contributed by atoms with Crippen molar-refractivity contribution < 1.29 is 18.4 Å². The van der Waals surface area contributed by atoms with Gasteiger partial charge in [-0.3, -0.25) is 19.0 Å². The number of fused-ring (bicyclic) bond motifs is 1. The van der Waals surface area contributed by atoms with Crippen molar-refractivity contribution in [3.05, 3.63) is 117 Å². The summed E-state index contributed by atoms with van der Waals surface area (Å²) < 4.78 is 27.9. The Morgan fingerprint density at radius 2 is 1.92 bits per heavy atom. The second kappa shape index (κ2) is 10.8. The smallest absolute Gasteiger partial charge is 0.264 e. The minimum Gasteiger partial charge on any atom is -0.343 e. The molecule has 2 aromatic carbocycles. The highest BCUT2D eigenvalue weighted by atomic mass is 19.2. The molecule has 1 aliphatic heterocycles. The summed E-state index contributed by atoms with van der Waals surface area (Å²) in [5, 5.41) is 2.87. The van der Waals surface area contributed by atoms with E-state index >= 15 is 0 Å². The number of hydrogen-bond donors (Lipinski definition) is 2. The normalized spacial score (nSPS) is 13.7. The summed E-state index contributed by atoms with van der Waals surface area (Å²) in [5.74, 6) is -1.81. The average Bonchev–Trinajstić information content (AvgIpc) is 3.46. The SMILES string of the molecule is Cc1ncc(/C=C2\C(=O)Nc3cc(/C=C/CCC(=O)c4cncn(Cc5ccc(F)c(F)c5)c4=O)ccc32)[nH]1. The predicted octanol–water partition coefficient (Wildman–Crippen LogP) is 4.77. The van der Waals surface area contributed by atoms with E-state index in [1.165, 1.54) is 23.2 Å². The lowest BCUT2D eigenvalue weighted by atomic mass is 10.0. The Labute approximate surface area is 221 Å². The molecule has 0 radical (unpaired) electrons. The Kier molecular flexibility index (Phi) is 7.09. The zero-order valence-electron chi connectivity index (χ0n) is 20.9. The van der Waals surface area contributed by atoms with E-state index in [4.69, 9.17) is 0 Å². The number of ketones is 1. The topological polar surface area (TPSA) is 110 Å². The van der Waals surface area contributed by atoms with Gasteiger partial charge in [-0.15, -0.1) is 0 Å². The van der Waals surface area contributed by atoms with Crippen molar-refractivity contribution in [3.8, 4) is 0 Å². The molecule has 4 aromatic rings. The third kappa shape index (κ3) is 5.64. The van der Waals surface area contributed by atoms with E-state index in [1.807, 2.05) is 37.3 Å². The van der Waals surface area contributed by atoms with Gasteiger partial charge in [0.15, 0.2) is 17.4 Å². The van der Waals surface area contributed by atoms with Crippen LogP contribution in [0.1, 0.15) is 51.4 Å². The van der Waals surface area contributed by atoms with E-state index in [-0.39, 0.29) is 30.2 Å². The van der Waals surface area contributed by atoms with Gasteiger partial charge in [0.25, 0.3) is 11.5 Å². The van der Waals surface area contributed by atoms with Crippen molar-refractivity contribution in [2.24, 2.45) is 0 Å². The van der Waals surface area contributed by atoms with E-state index in [9.17, 15) is 23.2 Å². The van der Waals surface area contributed by atoms with Crippen LogP contribution in [0.15, 0.2) is 66.0 Å². The van der Waals surface area contributed by atoms with Crippen molar-refractivity contribution in [1.29, 1.82) is 0 Å². The summed E-state index contributed by atoms with van der Waals surface area (Å²) in [6.07, 6.45) is 10.0. The highest BCUT2D eigenvalue weighted by Gasteiger charge is 2.24. The maximum absolute atomic E-state index is 13.5. The summed E-state index contributed by atoms with van der Waals surface area (Å²) in [7, 11) is 0. The van der Waals surface area contributed by atoms with Crippen LogP contribution < -0.4 is 10.9 Å². The van der Waals surface area contributed by atoms with Gasteiger partial charge in [-0.1, -0.05) is 30.4 Å².